The summed E-state index contributed by atoms with van der Waals surface area (Å²) in [6.07, 6.45) is 0. The van der Waals surface area contributed by atoms with E-state index < -0.39 is 17.3 Å². The van der Waals surface area contributed by atoms with Gasteiger partial charge in [0, 0.05) is 0 Å². The molecule has 0 aliphatic carbocycles. The Morgan fingerprint density at radius 2 is 1.94 bits per heavy atom. The van der Waals surface area contributed by atoms with Gasteiger partial charge in [0.25, 0.3) is 0 Å². The van der Waals surface area contributed by atoms with Crippen molar-refractivity contribution in [1.29, 1.82) is 0 Å². The molecule has 0 aromatic heterocycles. The van der Waals surface area contributed by atoms with Gasteiger partial charge in [-0.3, -0.25) is 15.3 Å². The maximum Gasteiger partial charge on any atom is 0.352 e. The summed E-state index contributed by atoms with van der Waals surface area (Å²) < 4.78 is 0. The topological polar surface area (TPSA) is 69.6 Å². The second-order valence-electron chi connectivity index (χ2n) is 3.06. The molecule has 0 heterocycles. The van der Waals surface area contributed by atoms with Crippen LogP contribution in [0.15, 0.2) is 30.3 Å². The minimum Gasteiger partial charge on any atom is -0.280 e. The number of carbonyl (C=O) groups excluding carboxylic acids is 2. The number of imide groups is 1. The van der Waals surface area contributed by atoms with Crippen LogP contribution in [-0.2, 0) is 4.79 Å². The van der Waals surface area contributed by atoms with Crippen molar-refractivity contribution in [2.45, 2.75) is 12.3 Å². The standard InChI is InChI=1S/C10H11ClN2O3/c1-7(11)9(14)12-10(15)13(16)8-5-3-2-4-6-8/h2-7,16H,1H3,(H,12,14,15). The van der Waals surface area contributed by atoms with E-state index in [0.717, 1.165) is 0 Å². The maximum absolute atomic E-state index is 11.3. The van der Waals surface area contributed by atoms with E-state index >= 15 is 0 Å². The van der Waals surface area contributed by atoms with Gasteiger partial charge in [-0.2, -0.15) is 5.06 Å². The number of hydrogen-bond donors (Lipinski definition) is 2. The Bertz CT molecular complexity index is 381. The summed E-state index contributed by atoms with van der Waals surface area (Å²) in [6.45, 7) is 1.43. The summed E-state index contributed by atoms with van der Waals surface area (Å²) in [4.78, 5) is 22.4. The zero-order valence-electron chi connectivity index (χ0n) is 8.55. The fourth-order valence-electron chi connectivity index (χ4n) is 0.944. The third-order valence-electron chi connectivity index (χ3n) is 1.78. The molecule has 16 heavy (non-hydrogen) atoms. The first kappa shape index (κ1) is 12.5. The number of amides is 3. The van der Waals surface area contributed by atoms with E-state index in [4.69, 9.17) is 11.6 Å². The first-order valence-corrected chi connectivity index (χ1v) is 4.99. The van der Waals surface area contributed by atoms with Crippen LogP contribution in [0.1, 0.15) is 6.92 Å². The Morgan fingerprint density at radius 3 is 2.44 bits per heavy atom. The quantitative estimate of drug-likeness (QED) is 0.472. The number of nitrogens with zero attached hydrogens (tertiary/aromatic N) is 1. The molecule has 0 spiro atoms. The van der Waals surface area contributed by atoms with Gasteiger partial charge >= 0.3 is 6.03 Å². The molecule has 2 N–H and O–H groups in total. The SMILES string of the molecule is CC(Cl)C(=O)NC(=O)N(O)c1ccccc1. The molecular weight excluding hydrogens is 232 g/mol. The van der Waals surface area contributed by atoms with Gasteiger partial charge in [0.1, 0.15) is 5.38 Å². The number of carbonyl (C=O) groups is 2. The van der Waals surface area contributed by atoms with Crippen molar-refractivity contribution < 1.29 is 14.8 Å². The van der Waals surface area contributed by atoms with E-state index in [0.29, 0.717) is 5.06 Å². The van der Waals surface area contributed by atoms with Crippen LogP contribution in [0.25, 0.3) is 0 Å². The van der Waals surface area contributed by atoms with Crippen molar-refractivity contribution in [1.82, 2.24) is 5.32 Å². The Morgan fingerprint density at radius 1 is 1.38 bits per heavy atom. The number of para-hydroxylation sites is 1. The van der Waals surface area contributed by atoms with Gasteiger partial charge in [-0.05, 0) is 19.1 Å². The normalized spacial score (nSPS) is 11.7. The molecule has 0 fully saturated rings. The fraction of sp³-hybridized carbons (Fsp3) is 0.200. The van der Waals surface area contributed by atoms with Crippen LogP contribution in [0.4, 0.5) is 10.5 Å². The van der Waals surface area contributed by atoms with E-state index in [1.807, 2.05) is 5.32 Å². The first-order valence-electron chi connectivity index (χ1n) is 4.55. The van der Waals surface area contributed by atoms with Crippen LogP contribution in [-0.4, -0.2) is 22.5 Å². The van der Waals surface area contributed by atoms with Crippen LogP contribution < -0.4 is 10.4 Å². The number of halogens is 1. The number of anilines is 1. The van der Waals surface area contributed by atoms with Gasteiger partial charge in [0.05, 0.1) is 5.69 Å². The minimum absolute atomic E-state index is 0.259. The average Bonchev–Trinajstić information content (AvgIpc) is 2.28. The fourth-order valence-corrected chi connectivity index (χ4v) is 0.999. The monoisotopic (exact) mass is 242 g/mol. The molecule has 1 aromatic carbocycles. The van der Waals surface area contributed by atoms with Crippen LogP contribution in [0, 0.1) is 0 Å². The second kappa shape index (κ2) is 5.48. The maximum atomic E-state index is 11.3. The third kappa shape index (κ3) is 3.22. The minimum atomic E-state index is -0.941. The predicted molar refractivity (Wildman–Crippen MR) is 59.6 cm³/mol. The molecule has 0 bridgehead atoms. The number of hydrogen-bond acceptors (Lipinski definition) is 3. The zero-order chi connectivity index (χ0) is 12.1. The highest BCUT2D eigenvalue weighted by Crippen LogP contribution is 2.10. The highest BCUT2D eigenvalue weighted by atomic mass is 35.5. The van der Waals surface area contributed by atoms with Crippen LogP contribution in [0.5, 0.6) is 0 Å². The Hall–Kier alpha value is -1.59. The van der Waals surface area contributed by atoms with Crippen molar-refractivity contribution in [3.63, 3.8) is 0 Å². The van der Waals surface area contributed by atoms with Gasteiger partial charge in [0.2, 0.25) is 5.91 Å². The molecule has 5 nitrogen and oxygen atoms in total. The van der Waals surface area contributed by atoms with Gasteiger partial charge in [0.15, 0.2) is 0 Å². The van der Waals surface area contributed by atoms with E-state index in [9.17, 15) is 14.8 Å². The summed E-state index contributed by atoms with van der Waals surface area (Å²) in [6, 6.07) is 7.14. The Kier molecular flexibility index (Phi) is 4.28. The van der Waals surface area contributed by atoms with Gasteiger partial charge in [-0.1, -0.05) is 18.2 Å². The third-order valence-corrected chi connectivity index (χ3v) is 1.98. The average molecular weight is 243 g/mol. The molecule has 1 rings (SSSR count). The van der Waals surface area contributed by atoms with Crippen molar-refractivity contribution in [3.8, 4) is 0 Å². The summed E-state index contributed by atoms with van der Waals surface area (Å²) in [5.41, 5.74) is 0.259. The van der Waals surface area contributed by atoms with Crippen molar-refractivity contribution in [3.05, 3.63) is 30.3 Å². The summed E-state index contributed by atoms with van der Waals surface area (Å²) in [5.74, 6) is -0.665. The molecule has 6 heteroatoms. The van der Waals surface area contributed by atoms with Crippen molar-refractivity contribution in [2.75, 3.05) is 5.06 Å². The van der Waals surface area contributed by atoms with Gasteiger partial charge in [-0.15, -0.1) is 11.6 Å². The lowest BCUT2D eigenvalue weighted by molar-refractivity contribution is -0.119. The summed E-state index contributed by atoms with van der Waals surface area (Å²) >= 11 is 5.46. The number of hydroxylamine groups is 1. The van der Waals surface area contributed by atoms with E-state index in [-0.39, 0.29) is 5.69 Å². The molecule has 1 aromatic rings. The highest BCUT2D eigenvalue weighted by molar-refractivity contribution is 6.31. The molecule has 0 saturated heterocycles. The van der Waals surface area contributed by atoms with E-state index in [1.54, 1.807) is 18.2 Å². The zero-order valence-corrected chi connectivity index (χ0v) is 9.31. The lowest BCUT2D eigenvalue weighted by atomic mass is 10.3. The lowest BCUT2D eigenvalue weighted by Gasteiger charge is -2.15. The molecule has 0 aliphatic heterocycles. The summed E-state index contributed by atoms with van der Waals surface area (Å²) in [5, 5.41) is 10.9. The number of rotatable bonds is 2. The second-order valence-corrected chi connectivity index (χ2v) is 3.71. The lowest BCUT2D eigenvalue weighted by Crippen LogP contribution is -2.43. The van der Waals surface area contributed by atoms with Crippen LogP contribution in [0.2, 0.25) is 0 Å². The largest absolute Gasteiger partial charge is 0.352 e. The van der Waals surface area contributed by atoms with E-state index in [1.165, 1.54) is 19.1 Å². The van der Waals surface area contributed by atoms with Crippen LogP contribution in [0.3, 0.4) is 0 Å². The first-order chi connectivity index (χ1) is 7.52. The molecule has 1 unspecified atom stereocenters. The van der Waals surface area contributed by atoms with Gasteiger partial charge in [-0.25, -0.2) is 4.79 Å². The highest BCUT2D eigenvalue weighted by Gasteiger charge is 2.18. The van der Waals surface area contributed by atoms with Crippen molar-refractivity contribution >= 4 is 29.2 Å². The Balaban J connectivity index is 2.65. The molecule has 0 aliphatic rings. The molecule has 1 atom stereocenters. The van der Waals surface area contributed by atoms with Crippen LogP contribution >= 0.6 is 11.6 Å². The summed E-state index contributed by atoms with van der Waals surface area (Å²) in [7, 11) is 0. The predicted octanol–water partition coefficient (Wildman–Crippen LogP) is 1.75. The van der Waals surface area contributed by atoms with Crippen molar-refractivity contribution in [2.24, 2.45) is 0 Å². The Labute approximate surface area is 97.6 Å². The number of nitrogens with one attached hydrogen (secondary N) is 1. The molecule has 0 saturated carbocycles. The van der Waals surface area contributed by atoms with E-state index in [2.05, 4.69) is 0 Å². The molecule has 0 radical (unpaired) electrons. The molecule has 86 valence electrons. The number of alkyl halides is 1. The smallest absolute Gasteiger partial charge is 0.280 e. The number of urea groups is 1. The number of benzene rings is 1. The molecular formula is C10H11ClN2O3. The molecule has 3 amide bonds. The van der Waals surface area contributed by atoms with Gasteiger partial charge < -0.3 is 0 Å².